The van der Waals surface area contributed by atoms with Gasteiger partial charge in [-0.05, 0) is 17.7 Å². The Morgan fingerprint density at radius 1 is 1.47 bits per heavy atom. The molecular weight excluding hydrogens is 264 g/mol. The quantitative estimate of drug-likeness (QED) is 0.771. The summed E-state index contributed by atoms with van der Waals surface area (Å²) in [5.41, 5.74) is 6.00. The van der Waals surface area contributed by atoms with Crippen molar-refractivity contribution in [1.82, 2.24) is 4.98 Å². The zero-order valence-electron chi connectivity index (χ0n) is 8.50. The molecule has 5 nitrogen and oxygen atoms in total. The second-order valence-electron chi connectivity index (χ2n) is 3.49. The van der Waals surface area contributed by atoms with E-state index in [-0.39, 0.29) is 0 Å². The van der Waals surface area contributed by atoms with Gasteiger partial charge in [0.15, 0.2) is 10.6 Å². The summed E-state index contributed by atoms with van der Waals surface area (Å²) in [6.07, 6.45) is -2.98. The van der Waals surface area contributed by atoms with Crippen molar-refractivity contribution in [3.63, 3.8) is 0 Å². The highest BCUT2D eigenvalue weighted by Crippen LogP contribution is 2.29. The topological polar surface area (TPSA) is 96.4 Å². The summed E-state index contributed by atoms with van der Waals surface area (Å²) in [6, 6.07) is 4.84. The number of rotatable bonds is 3. The number of primary amides is 1. The lowest BCUT2D eigenvalue weighted by Crippen LogP contribution is -2.33. The van der Waals surface area contributed by atoms with E-state index in [0.717, 1.165) is 4.70 Å². The van der Waals surface area contributed by atoms with Gasteiger partial charge in [-0.25, -0.2) is 4.98 Å². The van der Waals surface area contributed by atoms with Crippen LogP contribution in [0.25, 0.3) is 10.2 Å². The Balaban J connectivity index is 2.38. The zero-order chi connectivity index (χ0) is 12.6. The molecule has 7 heteroatoms. The SMILES string of the molecule is NC(=O)C(O)C(O)c1ccc2nc(Cl)sc2c1. The summed E-state index contributed by atoms with van der Waals surface area (Å²) >= 11 is 7.00. The second kappa shape index (κ2) is 4.58. The van der Waals surface area contributed by atoms with Gasteiger partial charge in [0, 0.05) is 0 Å². The lowest BCUT2D eigenvalue weighted by molar-refractivity contribution is -0.131. The molecule has 0 saturated carbocycles. The number of benzene rings is 1. The van der Waals surface area contributed by atoms with Crippen LogP contribution >= 0.6 is 22.9 Å². The van der Waals surface area contributed by atoms with Crippen LogP contribution in [0.1, 0.15) is 11.7 Å². The first-order valence-electron chi connectivity index (χ1n) is 4.70. The molecule has 1 amide bonds. The number of nitrogens with zero attached hydrogens (tertiary/aromatic N) is 1. The number of aliphatic hydroxyl groups excluding tert-OH is 2. The molecule has 0 aliphatic rings. The van der Waals surface area contributed by atoms with Crippen LogP contribution in [0.2, 0.25) is 4.47 Å². The van der Waals surface area contributed by atoms with Crippen LogP contribution < -0.4 is 5.73 Å². The lowest BCUT2D eigenvalue weighted by atomic mass is 10.0. The van der Waals surface area contributed by atoms with E-state index in [0.29, 0.717) is 15.5 Å². The predicted molar refractivity (Wildman–Crippen MR) is 64.8 cm³/mol. The average Bonchev–Trinajstić information content (AvgIpc) is 2.65. The number of aliphatic hydroxyl groups is 2. The van der Waals surface area contributed by atoms with Crippen molar-refractivity contribution in [2.24, 2.45) is 5.73 Å². The third kappa shape index (κ3) is 2.39. The summed E-state index contributed by atoms with van der Waals surface area (Å²) in [6.45, 7) is 0. The Hall–Kier alpha value is -1.21. The number of nitrogens with two attached hydrogens (primary N) is 1. The molecule has 1 aromatic heterocycles. The Kier molecular flexibility index (Phi) is 3.30. The van der Waals surface area contributed by atoms with Gasteiger partial charge in [-0.3, -0.25) is 4.79 Å². The molecule has 2 aromatic rings. The lowest BCUT2D eigenvalue weighted by Gasteiger charge is -2.14. The molecule has 17 heavy (non-hydrogen) atoms. The maximum absolute atomic E-state index is 10.8. The Morgan fingerprint density at radius 3 is 2.82 bits per heavy atom. The summed E-state index contributed by atoms with van der Waals surface area (Å²) in [5, 5.41) is 19.1. The van der Waals surface area contributed by atoms with E-state index in [9.17, 15) is 15.0 Å². The van der Waals surface area contributed by atoms with Crippen LogP contribution in [0.4, 0.5) is 0 Å². The van der Waals surface area contributed by atoms with Gasteiger partial charge in [0.1, 0.15) is 6.10 Å². The van der Waals surface area contributed by atoms with Crippen molar-refractivity contribution < 1.29 is 15.0 Å². The smallest absolute Gasteiger partial charge is 0.249 e. The third-order valence-corrected chi connectivity index (χ3v) is 3.44. The first-order valence-corrected chi connectivity index (χ1v) is 5.90. The highest BCUT2D eigenvalue weighted by molar-refractivity contribution is 7.22. The second-order valence-corrected chi connectivity index (χ2v) is 5.10. The molecule has 0 radical (unpaired) electrons. The van der Waals surface area contributed by atoms with Crippen molar-refractivity contribution in [3.05, 3.63) is 28.2 Å². The summed E-state index contributed by atoms with van der Waals surface area (Å²) < 4.78 is 1.16. The number of aromatic nitrogens is 1. The fourth-order valence-electron chi connectivity index (χ4n) is 1.43. The van der Waals surface area contributed by atoms with Gasteiger partial charge < -0.3 is 15.9 Å². The van der Waals surface area contributed by atoms with Gasteiger partial charge in [-0.2, -0.15) is 0 Å². The molecule has 4 N–H and O–H groups in total. The molecule has 0 spiro atoms. The Bertz CT molecular complexity index is 572. The molecule has 90 valence electrons. The predicted octanol–water partition coefficient (Wildman–Crippen LogP) is 0.829. The number of fused-ring (bicyclic) bond motifs is 1. The summed E-state index contributed by atoms with van der Waals surface area (Å²) in [5.74, 6) is -0.972. The van der Waals surface area contributed by atoms with Crippen molar-refractivity contribution in [3.8, 4) is 0 Å². The molecule has 0 saturated heterocycles. The first kappa shape index (κ1) is 12.3. The van der Waals surface area contributed by atoms with Crippen LogP contribution in [0, 0.1) is 0 Å². The average molecular weight is 273 g/mol. The van der Waals surface area contributed by atoms with Crippen LogP contribution in [0.3, 0.4) is 0 Å². The number of hydrogen-bond donors (Lipinski definition) is 3. The van der Waals surface area contributed by atoms with Crippen LogP contribution in [-0.2, 0) is 4.79 Å². The van der Waals surface area contributed by atoms with Gasteiger partial charge >= 0.3 is 0 Å². The number of halogens is 1. The summed E-state index contributed by atoms with van der Waals surface area (Å²) in [4.78, 5) is 14.8. The molecule has 1 heterocycles. The van der Waals surface area contributed by atoms with E-state index in [1.807, 2.05) is 0 Å². The van der Waals surface area contributed by atoms with E-state index in [1.54, 1.807) is 18.2 Å². The number of thiazole rings is 1. The Labute approximate surface area is 105 Å². The molecule has 1 aromatic carbocycles. The molecule has 2 unspecified atom stereocenters. The van der Waals surface area contributed by atoms with E-state index in [4.69, 9.17) is 17.3 Å². The molecule has 0 fully saturated rings. The fourth-order valence-corrected chi connectivity index (χ4v) is 2.51. The minimum Gasteiger partial charge on any atom is -0.385 e. The summed E-state index contributed by atoms with van der Waals surface area (Å²) in [7, 11) is 0. The number of hydrogen-bond acceptors (Lipinski definition) is 5. The molecule has 0 aliphatic heterocycles. The number of carbonyl (C=O) groups excluding carboxylic acids is 1. The van der Waals surface area contributed by atoms with Crippen molar-refractivity contribution >= 4 is 39.1 Å². The third-order valence-electron chi connectivity index (χ3n) is 2.32. The molecule has 0 aliphatic carbocycles. The van der Waals surface area contributed by atoms with Gasteiger partial charge in [0.05, 0.1) is 10.2 Å². The van der Waals surface area contributed by atoms with Crippen molar-refractivity contribution in [1.29, 1.82) is 0 Å². The highest BCUT2D eigenvalue weighted by atomic mass is 35.5. The van der Waals surface area contributed by atoms with E-state index < -0.39 is 18.1 Å². The minimum absolute atomic E-state index is 0.391. The van der Waals surface area contributed by atoms with Crippen LogP contribution in [0.15, 0.2) is 18.2 Å². The fraction of sp³-hybridized carbons (Fsp3) is 0.200. The van der Waals surface area contributed by atoms with Crippen molar-refractivity contribution in [2.75, 3.05) is 0 Å². The Morgan fingerprint density at radius 2 is 2.18 bits per heavy atom. The zero-order valence-corrected chi connectivity index (χ0v) is 10.1. The molecule has 2 atom stereocenters. The molecular formula is C10H9ClN2O3S. The maximum atomic E-state index is 10.8. The highest BCUT2D eigenvalue weighted by Gasteiger charge is 2.23. The van der Waals surface area contributed by atoms with E-state index >= 15 is 0 Å². The van der Waals surface area contributed by atoms with Crippen LogP contribution in [0.5, 0.6) is 0 Å². The first-order chi connectivity index (χ1) is 7.99. The van der Waals surface area contributed by atoms with E-state index in [2.05, 4.69) is 4.98 Å². The van der Waals surface area contributed by atoms with Gasteiger partial charge in [0.25, 0.3) is 0 Å². The maximum Gasteiger partial charge on any atom is 0.249 e. The minimum atomic E-state index is -1.63. The number of carbonyl (C=O) groups is 1. The van der Waals surface area contributed by atoms with Crippen LogP contribution in [-0.4, -0.2) is 27.2 Å². The van der Waals surface area contributed by atoms with Gasteiger partial charge in [0.2, 0.25) is 5.91 Å². The molecule has 0 bridgehead atoms. The van der Waals surface area contributed by atoms with Crippen molar-refractivity contribution in [2.45, 2.75) is 12.2 Å². The monoisotopic (exact) mass is 272 g/mol. The molecule has 2 rings (SSSR count). The van der Waals surface area contributed by atoms with Gasteiger partial charge in [-0.1, -0.05) is 17.7 Å². The standard InChI is InChI=1S/C10H9ClN2O3S/c11-10-13-5-2-1-4(3-6(5)17-10)7(14)8(15)9(12)16/h1-3,7-8,14-15H,(H2,12,16). The normalized spacial score (nSPS) is 14.8. The van der Waals surface area contributed by atoms with E-state index in [1.165, 1.54) is 11.3 Å². The van der Waals surface area contributed by atoms with Gasteiger partial charge in [-0.15, -0.1) is 11.3 Å². The largest absolute Gasteiger partial charge is 0.385 e. The number of amides is 1.